The fourth-order valence-electron chi connectivity index (χ4n) is 1.49. The van der Waals surface area contributed by atoms with E-state index in [1.807, 2.05) is 13.0 Å². The van der Waals surface area contributed by atoms with Crippen LogP contribution in [0.5, 0.6) is 5.88 Å². The van der Waals surface area contributed by atoms with Gasteiger partial charge in [-0.1, -0.05) is 0 Å². The van der Waals surface area contributed by atoms with E-state index in [-0.39, 0.29) is 0 Å². The Morgan fingerprint density at radius 3 is 2.75 bits per heavy atom. The lowest BCUT2D eigenvalue weighted by Crippen LogP contribution is -2.36. The van der Waals surface area contributed by atoms with Crippen molar-refractivity contribution in [1.29, 1.82) is 0 Å². The first-order valence-corrected chi connectivity index (χ1v) is 5.60. The fraction of sp³-hybridized carbons (Fsp3) is 0.636. The number of aromatic nitrogens is 2. The Morgan fingerprint density at radius 1 is 1.44 bits per heavy atom. The molecule has 0 atom stereocenters. The van der Waals surface area contributed by atoms with Crippen molar-refractivity contribution in [3.05, 3.63) is 12.4 Å². The van der Waals surface area contributed by atoms with Gasteiger partial charge in [-0.25, -0.2) is 9.97 Å². The van der Waals surface area contributed by atoms with Crippen molar-refractivity contribution in [3.8, 4) is 5.88 Å². The molecule has 16 heavy (non-hydrogen) atoms. The van der Waals surface area contributed by atoms with E-state index in [2.05, 4.69) is 28.7 Å². The summed E-state index contributed by atoms with van der Waals surface area (Å²) in [5.41, 5.74) is 5.58. The molecule has 1 heterocycles. The van der Waals surface area contributed by atoms with Gasteiger partial charge in [0.1, 0.15) is 12.1 Å². The average molecular weight is 224 g/mol. The molecule has 0 aliphatic rings. The summed E-state index contributed by atoms with van der Waals surface area (Å²) < 4.78 is 5.35. The molecule has 5 nitrogen and oxygen atoms in total. The van der Waals surface area contributed by atoms with Gasteiger partial charge in [-0.3, -0.25) is 0 Å². The van der Waals surface area contributed by atoms with Crippen LogP contribution >= 0.6 is 0 Å². The van der Waals surface area contributed by atoms with Crippen LogP contribution in [0.3, 0.4) is 0 Å². The molecule has 0 amide bonds. The second kappa shape index (κ2) is 6.27. The molecule has 5 heteroatoms. The second-order valence-corrected chi connectivity index (χ2v) is 3.72. The summed E-state index contributed by atoms with van der Waals surface area (Å²) in [7, 11) is 0. The molecule has 2 N–H and O–H groups in total. The van der Waals surface area contributed by atoms with Gasteiger partial charge in [-0.15, -0.1) is 0 Å². The SMILES string of the molecule is CCOc1cc(N(CCN)C(C)C)ncn1. The Kier molecular flexibility index (Phi) is 4.98. The van der Waals surface area contributed by atoms with E-state index in [0.717, 1.165) is 12.4 Å². The Balaban J connectivity index is 2.86. The minimum Gasteiger partial charge on any atom is -0.478 e. The van der Waals surface area contributed by atoms with Crippen molar-refractivity contribution in [2.45, 2.75) is 26.8 Å². The van der Waals surface area contributed by atoms with Gasteiger partial charge in [0.25, 0.3) is 0 Å². The van der Waals surface area contributed by atoms with Crippen molar-refractivity contribution in [3.63, 3.8) is 0 Å². The quantitative estimate of drug-likeness (QED) is 0.782. The number of rotatable bonds is 6. The number of anilines is 1. The second-order valence-electron chi connectivity index (χ2n) is 3.72. The minimum absolute atomic E-state index is 0.355. The summed E-state index contributed by atoms with van der Waals surface area (Å²) in [5.74, 6) is 1.47. The summed E-state index contributed by atoms with van der Waals surface area (Å²) >= 11 is 0. The predicted octanol–water partition coefficient (Wildman–Crippen LogP) is 1.05. The molecule has 1 rings (SSSR count). The number of nitrogens with two attached hydrogens (primary N) is 1. The van der Waals surface area contributed by atoms with Crippen LogP contribution in [0.25, 0.3) is 0 Å². The standard InChI is InChI=1S/C11H20N4O/c1-4-16-11-7-10(13-8-14-11)15(6-5-12)9(2)3/h7-9H,4-6,12H2,1-3H3. The summed E-state index contributed by atoms with van der Waals surface area (Å²) in [6, 6.07) is 2.20. The monoisotopic (exact) mass is 224 g/mol. The Hall–Kier alpha value is -1.36. The van der Waals surface area contributed by atoms with E-state index in [4.69, 9.17) is 10.5 Å². The number of ether oxygens (including phenoxy) is 1. The lowest BCUT2D eigenvalue weighted by Gasteiger charge is -2.27. The van der Waals surface area contributed by atoms with Gasteiger partial charge in [-0.2, -0.15) is 0 Å². The zero-order valence-corrected chi connectivity index (χ0v) is 10.2. The summed E-state index contributed by atoms with van der Waals surface area (Å²) in [5, 5.41) is 0. The van der Waals surface area contributed by atoms with Crippen LogP contribution in [0, 0.1) is 0 Å². The summed E-state index contributed by atoms with van der Waals surface area (Å²) in [4.78, 5) is 10.4. The minimum atomic E-state index is 0.355. The lowest BCUT2D eigenvalue weighted by atomic mass is 10.3. The Labute approximate surface area is 96.6 Å². The predicted molar refractivity (Wildman–Crippen MR) is 64.7 cm³/mol. The molecule has 0 spiro atoms. The van der Waals surface area contributed by atoms with E-state index in [9.17, 15) is 0 Å². The average Bonchev–Trinajstić information content (AvgIpc) is 2.26. The first-order chi connectivity index (χ1) is 7.69. The van der Waals surface area contributed by atoms with Gasteiger partial charge in [0.05, 0.1) is 6.61 Å². The Bertz CT molecular complexity index is 317. The molecular weight excluding hydrogens is 204 g/mol. The van der Waals surface area contributed by atoms with E-state index in [1.54, 1.807) is 0 Å². The zero-order valence-electron chi connectivity index (χ0n) is 10.2. The molecule has 0 bridgehead atoms. The summed E-state index contributed by atoms with van der Waals surface area (Å²) in [6.07, 6.45) is 1.52. The first kappa shape index (κ1) is 12.7. The first-order valence-electron chi connectivity index (χ1n) is 5.60. The molecule has 0 saturated carbocycles. The van der Waals surface area contributed by atoms with E-state index in [1.165, 1.54) is 6.33 Å². The van der Waals surface area contributed by atoms with Gasteiger partial charge in [0.15, 0.2) is 0 Å². The molecule has 0 aromatic carbocycles. The van der Waals surface area contributed by atoms with Gasteiger partial charge < -0.3 is 15.4 Å². The highest BCUT2D eigenvalue weighted by Crippen LogP contribution is 2.17. The van der Waals surface area contributed by atoms with Gasteiger partial charge in [0, 0.05) is 25.2 Å². The van der Waals surface area contributed by atoms with Gasteiger partial charge >= 0.3 is 0 Å². The van der Waals surface area contributed by atoms with E-state index < -0.39 is 0 Å². The highest BCUT2D eigenvalue weighted by atomic mass is 16.5. The smallest absolute Gasteiger partial charge is 0.218 e. The van der Waals surface area contributed by atoms with Crippen LogP contribution in [0.15, 0.2) is 12.4 Å². The lowest BCUT2D eigenvalue weighted by molar-refractivity contribution is 0.326. The van der Waals surface area contributed by atoms with E-state index >= 15 is 0 Å². The van der Waals surface area contributed by atoms with Crippen LogP contribution in [0.2, 0.25) is 0 Å². The molecular formula is C11H20N4O. The molecule has 1 aromatic heterocycles. The normalized spacial score (nSPS) is 10.6. The van der Waals surface area contributed by atoms with E-state index in [0.29, 0.717) is 25.1 Å². The topological polar surface area (TPSA) is 64.3 Å². The van der Waals surface area contributed by atoms with Crippen LogP contribution in [-0.2, 0) is 0 Å². The highest BCUT2D eigenvalue weighted by Gasteiger charge is 2.11. The maximum atomic E-state index is 5.58. The Morgan fingerprint density at radius 2 is 2.19 bits per heavy atom. The molecule has 0 aliphatic carbocycles. The van der Waals surface area contributed by atoms with Crippen molar-refractivity contribution in [1.82, 2.24) is 9.97 Å². The highest BCUT2D eigenvalue weighted by molar-refractivity contribution is 5.41. The molecule has 0 saturated heterocycles. The fourth-order valence-corrected chi connectivity index (χ4v) is 1.49. The third-order valence-electron chi connectivity index (χ3n) is 2.21. The molecule has 0 fully saturated rings. The van der Waals surface area contributed by atoms with Crippen molar-refractivity contribution in [2.24, 2.45) is 5.73 Å². The molecule has 0 radical (unpaired) electrons. The van der Waals surface area contributed by atoms with Crippen LogP contribution in [-0.4, -0.2) is 35.7 Å². The number of hydrogen-bond acceptors (Lipinski definition) is 5. The number of hydrogen-bond donors (Lipinski definition) is 1. The molecule has 0 unspecified atom stereocenters. The zero-order chi connectivity index (χ0) is 12.0. The van der Waals surface area contributed by atoms with Crippen molar-refractivity contribution in [2.75, 3.05) is 24.6 Å². The van der Waals surface area contributed by atoms with Crippen LogP contribution < -0.4 is 15.4 Å². The van der Waals surface area contributed by atoms with Gasteiger partial charge in [-0.05, 0) is 20.8 Å². The maximum absolute atomic E-state index is 5.58. The van der Waals surface area contributed by atoms with Crippen LogP contribution in [0.4, 0.5) is 5.82 Å². The molecule has 0 aliphatic heterocycles. The molecule has 1 aromatic rings. The largest absolute Gasteiger partial charge is 0.478 e. The van der Waals surface area contributed by atoms with Crippen molar-refractivity contribution >= 4 is 5.82 Å². The third-order valence-corrected chi connectivity index (χ3v) is 2.21. The van der Waals surface area contributed by atoms with Crippen molar-refractivity contribution < 1.29 is 4.74 Å². The maximum Gasteiger partial charge on any atom is 0.218 e. The summed E-state index contributed by atoms with van der Waals surface area (Å²) in [6.45, 7) is 8.14. The van der Waals surface area contributed by atoms with Crippen LogP contribution in [0.1, 0.15) is 20.8 Å². The van der Waals surface area contributed by atoms with Gasteiger partial charge in [0.2, 0.25) is 5.88 Å². The molecule has 90 valence electrons. The number of nitrogens with zero attached hydrogens (tertiary/aromatic N) is 3. The third kappa shape index (κ3) is 3.34.